The molecule has 4 heteroatoms. The minimum absolute atomic E-state index is 0.537. The van der Waals surface area contributed by atoms with Gasteiger partial charge in [0.15, 0.2) is 0 Å². The molecular weight excluding hydrogens is 350 g/mol. The molecule has 1 aliphatic rings. The van der Waals surface area contributed by atoms with Crippen molar-refractivity contribution in [2.45, 2.75) is 18.9 Å². The van der Waals surface area contributed by atoms with Crippen LogP contribution in [0.5, 0.6) is 0 Å². The van der Waals surface area contributed by atoms with E-state index in [4.69, 9.17) is 11.6 Å². The number of hydrogen-bond acceptors (Lipinski definition) is 2. The number of aliphatic hydroxyl groups is 1. The molecule has 0 aliphatic heterocycles. The van der Waals surface area contributed by atoms with Gasteiger partial charge in [0.2, 0.25) is 0 Å². The molecule has 0 saturated carbocycles. The Labute approximate surface area is 137 Å². The van der Waals surface area contributed by atoms with E-state index in [1.54, 1.807) is 12.1 Å². The maximum atomic E-state index is 10.8. The second-order valence-electron chi connectivity index (χ2n) is 5.47. The van der Waals surface area contributed by atoms with Crippen molar-refractivity contribution >= 4 is 27.5 Å². The fourth-order valence-corrected chi connectivity index (χ4v) is 3.42. The van der Waals surface area contributed by atoms with Crippen LogP contribution >= 0.6 is 27.5 Å². The number of benzene rings is 2. The van der Waals surface area contributed by atoms with Crippen LogP contribution in [0.25, 0.3) is 0 Å². The Bertz CT molecular complexity index is 713. The van der Waals surface area contributed by atoms with Crippen molar-refractivity contribution in [3.05, 3.63) is 68.7 Å². The third-order valence-corrected chi connectivity index (χ3v) is 5.37. The van der Waals surface area contributed by atoms with E-state index in [2.05, 4.69) is 22.0 Å². The number of hydrogen-bond donors (Lipinski definition) is 1. The zero-order valence-corrected chi connectivity index (χ0v) is 13.5. The van der Waals surface area contributed by atoms with Crippen LogP contribution < -0.4 is 0 Å². The summed E-state index contributed by atoms with van der Waals surface area (Å²) in [6, 6.07) is 15.7. The molecule has 2 nitrogen and oxygen atoms in total. The molecule has 2 aromatic carbocycles. The van der Waals surface area contributed by atoms with Crippen molar-refractivity contribution in [3.8, 4) is 6.07 Å². The Morgan fingerprint density at radius 1 is 1.19 bits per heavy atom. The lowest BCUT2D eigenvalue weighted by atomic mass is 9.77. The van der Waals surface area contributed by atoms with E-state index < -0.39 is 11.5 Å². The Balaban J connectivity index is 1.98. The van der Waals surface area contributed by atoms with Crippen LogP contribution in [-0.2, 0) is 12.8 Å². The number of rotatable bonds is 2. The molecule has 1 unspecified atom stereocenters. The van der Waals surface area contributed by atoms with Gasteiger partial charge in [-0.15, -0.1) is 0 Å². The molecule has 1 aliphatic carbocycles. The van der Waals surface area contributed by atoms with Gasteiger partial charge in [-0.25, -0.2) is 0 Å². The third kappa shape index (κ3) is 2.48. The molecule has 0 spiro atoms. The van der Waals surface area contributed by atoms with Crippen molar-refractivity contribution < 1.29 is 5.11 Å². The Hall–Kier alpha value is -1.34. The summed E-state index contributed by atoms with van der Waals surface area (Å²) >= 11 is 9.44. The van der Waals surface area contributed by atoms with Crippen LogP contribution in [0.1, 0.15) is 22.8 Å². The quantitative estimate of drug-likeness (QED) is 0.858. The average Bonchev–Trinajstić information content (AvgIpc) is 2.89. The second kappa shape index (κ2) is 5.46. The van der Waals surface area contributed by atoms with Gasteiger partial charge in [0.1, 0.15) is 0 Å². The van der Waals surface area contributed by atoms with E-state index in [1.165, 1.54) is 0 Å². The van der Waals surface area contributed by atoms with Gasteiger partial charge in [0.05, 0.1) is 22.6 Å². The van der Waals surface area contributed by atoms with E-state index >= 15 is 0 Å². The van der Waals surface area contributed by atoms with Gasteiger partial charge in [-0.05, 0) is 57.6 Å². The summed E-state index contributed by atoms with van der Waals surface area (Å²) in [6.07, 6.45) is 0.267. The minimum Gasteiger partial charge on any atom is -0.387 e. The zero-order chi connectivity index (χ0) is 15.0. The van der Waals surface area contributed by atoms with Crippen LogP contribution in [0.15, 0.2) is 46.9 Å². The Morgan fingerprint density at radius 3 is 2.33 bits per heavy atom. The SMILES string of the molecule is N#CC1(C(O)c2ccc(Br)c(Cl)c2)Cc2ccccc2C1. The molecule has 0 heterocycles. The van der Waals surface area contributed by atoms with Crippen LogP contribution in [0.2, 0.25) is 5.02 Å². The highest BCUT2D eigenvalue weighted by atomic mass is 79.9. The molecule has 1 atom stereocenters. The Kier molecular flexibility index (Phi) is 3.79. The van der Waals surface area contributed by atoms with Gasteiger partial charge < -0.3 is 5.11 Å². The van der Waals surface area contributed by atoms with Crippen LogP contribution in [0.3, 0.4) is 0 Å². The lowest BCUT2D eigenvalue weighted by Crippen LogP contribution is -2.28. The fourth-order valence-electron chi connectivity index (χ4n) is 2.98. The standard InChI is InChI=1S/C17H13BrClNO/c18-14-6-5-11(7-15(14)19)16(21)17(10-20)8-12-3-1-2-4-13(12)9-17/h1-7,16,21H,8-9H2. The molecule has 21 heavy (non-hydrogen) atoms. The number of nitrogens with zero attached hydrogens (tertiary/aromatic N) is 1. The van der Waals surface area contributed by atoms with Crippen molar-refractivity contribution in [3.63, 3.8) is 0 Å². The van der Waals surface area contributed by atoms with E-state index in [1.807, 2.05) is 30.3 Å². The number of aliphatic hydroxyl groups excluding tert-OH is 1. The molecule has 3 rings (SSSR count). The topological polar surface area (TPSA) is 44.0 Å². The first-order valence-corrected chi connectivity index (χ1v) is 7.84. The van der Waals surface area contributed by atoms with E-state index in [-0.39, 0.29) is 0 Å². The summed E-state index contributed by atoms with van der Waals surface area (Å²) in [5.41, 5.74) is 2.14. The lowest BCUT2D eigenvalue weighted by molar-refractivity contribution is 0.0693. The monoisotopic (exact) mass is 361 g/mol. The summed E-state index contributed by atoms with van der Waals surface area (Å²) in [7, 11) is 0. The molecule has 1 N–H and O–H groups in total. The van der Waals surface area contributed by atoms with Crippen LogP contribution in [-0.4, -0.2) is 5.11 Å². The van der Waals surface area contributed by atoms with E-state index in [9.17, 15) is 10.4 Å². The van der Waals surface area contributed by atoms with Crippen LogP contribution in [0.4, 0.5) is 0 Å². The van der Waals surface area contributed by atoms with Gasteiger partial charge in [-0.2, -0.15) is 5.26 Å². The van der Waals surface area contributed by atoms with E-state index in [0.717, 1.165) is 15.6 Å². The minimum atomic E-state index is -0.861. The average molecular weight is 363 g/mol. The molecule has 0 saturated heterocycles. The maximum absolute atomic E-state index is 10.8. The van der Waals surface area contributed by atoms with Gasteiger partial charge >= 0.3 is 0 Å². The summed E-state index contributed by atoms with van der Waals surface area (Å²) < 4.78 is 0.779. The highest BCUT2D eigenvalue weighted by Crippen LogP contribution is 2.46. The lowest BCUT2D eigenvalue weighted by Gasteiger charge is -2.27. The number of fused-ring (bicyclic) bond motifs is 1. The second-order valence-corrected chi connectivity index (χ2v) is 6.73. The van der Waals surface area contributed by atoms with E-state index in [0.29, 0.717) is 23.4 Å². The largest absolute Gasteiger partial charge is 0.387 e. The normalized spacial score (nSPS) is 17.0. The fraction of sp³-hybridized carbons (Fsp3) is 0.235. The first-order chi connectivity index (χ1) is 10.1. The molecular formula is C17H13BrClNO. The Morgan fingerprint density at radius 2 is 1.81 bits per heavy atom. The van der Waals surface area contributed by atoms with Gasteiger partial charge in [-0.1, -0.05) is 41.9 Å². The molecule has 0 amide bonds. The first-order valence-electron chi connectivity index (χ1n) is 6.67. The summed E-state index contributed by atoms with van der Waals surface area (Å²) in [6.45, 7) is 0. The summed E-state index contributed by atoms with van der Waals surface area (Å²) in [4.78, 5) is 0. The summed E-state index contributed by atoms with van der Waals surface area (Å²) in [5, 5.41) is 21.0. The van der Waals surface area contributed by atoms with Crippen molar-refractivity contribution in [2.75, 3.05) is 0 Å². The third-order valence-electron chi connectivity index (χ3n) is 4.14. The molecule has 0 aromatic heterocycles. The number of nitriles is 1. The molecule has 2 aromatic rings. The predicted molar refractivity (Wildman–Crippen MR) is 86.0 cm³/mol. The first kappa shape index (κ1) is 14.6. The van der Waals surface area contributed by atoms with Crippen molar-refractivity contribution in [1.29, 1.82) is 5.26 Å². The molecule has 106 valence electrons. The predicted octanol–water partition coefficient (Wildman–Crippen LogP) is 4.44. The molecule has 0 bridgehead atoms. The highest BCUT2D eigenvalue weighted by Gasteiger charge is 2.44. The van der Waals surface area contributed by atoms with Gasteiger partial charge in [-0.3, -0.25) is 0 Å². The van der Waals surface area contributed by atoms with Crippen molar-refractivity contribution in [2.24, 2.45) is 5.41 Å². The van der Waals surface area contributed by atoms with Crippen LogP contribution in [0, 0.1) is 16.7 Å². The molecule has 0 fully saturated rings. The maximum Gasteiger partial charge on any atom is 0.0983 e. The summed E-state index contributed by atoms with van der Waals surface area (Å²) in [5.74, 6) is 0. The molecule has 0 radical (unpaired) electrons. The number of halogens is 2. The zero-order valence-electron chi connectivity index (χ0n) is 11.2. The van der Waals surface area contributed by atoms with Crippen molar-refractivity contribution in [1.82, 2.24) is 0 Å². The van der Waals surface area contributed by atoms with Gasteiger partial charge in [0, 0.05) is 4.47 Å². The highest BCUT2D eigenvalue weighted by molar-refractivity contribution is 9.10. The van der Waals surface area contributed by atoms with Gasteiger partial charge in [0.25, 0.3) is 0 Å². The smallest absolute Gasteiger partial charge is 0.0983 e.